The Morgan fingerprint density at radius 3 is 2.55 bits per heavy atom. The van der Waals surface area contributed by atoms with E-state index in [4.69, 9.17) is 9.47 Å². The molecule has 2 aromatic heterocycles. The van der Waals surface area contributed by atoms with Crippen LogP contribution in [0.5, 0.6) is 5.75 Å². The van der Waals surface area contributed by atoms with Crippen molar-refractivity contribution in [3.63, 3.8) is 0 Å². The summed E-state index contributed by atoms with van der Waals surface area (Å²) in [7, 11) is 0.217. The zero-order chi connectivity index (χ0) is 23.4. The number of hydrogen-bond donors (Lipinski definition) is 0. The van der Waals surface area contributed by atoms with E-state index in [2.05, 4.69) is 9.97 Å². The van der Waals surface area contributed by atoms with Crippen molar-refractivity contribution in [1.82, 2.24) is 14.5 Å². The molecule has 7 nitrogen and oxygen atoms in total. The molecule has 4 aromatic rings. The van der Waals surface area contributed by atoms with Gasteiger partial charge >= 0.3 is 0 Å². The number of pyridine rings is 1. The van der Waals surface area contributed by atoms with Crippen molar-refractivity contribution in [3.05, 3.63) is 82.3 Å². The van der Waals surface area contributed by atoms with Gasteiger partial charge in [0, 0.05) is 24.3 Å². The fourth-order valence-electron chi connectivity index (χ4n) is 3.58. The van der Waals surface area contributed by atoms with Crippen LogP contribution in [0.2, 0.25) is 0 Å². The second kappa shape index (κ2) is 10.1. The highest BCUT2D eigenvalue weighted by atomic mass is 32.2. The summed E-state index contributed by atoms with van der Waals surface area (Å²) in [5, 5.41) is 0.931. The molecule has 0 spiro atoms. The lowest BCUT2D eigenvalue weighted by Gasteiger charge is -2.14. The van der Waals surface area contributed by atoms with Crippen molar-refractivity contribution in [2.75, 3.05) is 20.0 Å². The molecule has 0 aliphatic heterocycles. The van der Waals surface area contributed by atoms with Crippen LogP contribution in [0, 0.1) is 6.92 Å². The van der Waals surface area contributed by atoms with Crippen LogP contribution < -0.4 is 10.3 Å². The summed E-state index contributed by atoms with van der Waals surface area (Å²) in [5.74, 6) is 0.670. The van der Waals surface area contributed by atoms with E-state index in [1.807, 2.05) is 61.5 Å². The summed E-state index contributed by atoms with van der Waals surface area (Å²) in [6.07, 6.45) is 1.52. The van der Waals surface area contributed by atoms with Gasteiger partial charge in [-0.2, -0.15) is 0 Å². The number of aromatic nitrogens is 3. The van der Waals surface area contributed by atoms with E-state index in [-0.39, 0.29) is 10.7 Å². The molecule has 0 N–H and O–H groups in total. The first-order valence-electron chi connectivity index (χ1n) is 10.5. The highest BCUT2D eigenvalue weighted by molar-refractivity contribution is 7.84. The van der Waals surface area contributed by atoms with Gasteiger partial charge in [0.1, 0.15) is 18.0 Å². The summed E-state index contributed by atoms with van der Waals surface area (Å²) >= 11 is 0. The first-order chi connectivity index (χ1) is 16.0. The van der Waals surface area contributed by atoms with Crippen LogP contribution in [-0.4, -0.2) is 38.7 Å². The summed E-state index contributed by atoms with van der Waals surface area (Å²) in [6, 6.07) is 19.2. The molecule has 0 aliphatic rings. The zero-order valence-corrected chi connectivity index (χ0v) is 19.6. The third-order valence-corrected chi connectivity index (χ3v) is 5.98. The monoisotopic (exact) mass is 463 g/mol. The summed E-state index contributed by atoms with van der Waals surface area (Å²) in [6.45, 7) is 2.92. The lowest BCUT2D eigenvalue weighted by Crippen LogP contribution is -2.25. The van der Waals surface area contributed by atoms with E-state index in [1.54, 1.807) is 17.7 Å². The third kappa shape index (κ3) is 5.02. The molecule has 0 saturated heterocycles. The molecule has 0 saturated carbocycles. The normalized spacial score (nSPS) is 12.1. The molecule has 33 heavy (non-hydrogen) atoms. The predicted molar refractivity (Wildman–Crippen MR) is 129 cm³/mol. The second-order valence-electron chi connectivity index (χ2n) is 7.59. The lowest BCUT2D eigenvalue weighted by molar-refractivity contribution is 0.187. The molecule has 1 atom stereocenters. The van der Waals surface area contributed by atoms with Crippen LogP contribution in [0.1, 0.15) is 11.3 Å². The minimum atomic E-state index is -1.36. The Morgan fingerprint density at radius 1 is 1.03 bits per heavy atom. The van der Waals surface area contributed by atoms with Gasteiger partial charge in [0.15, 0.2) is 0 Å². The first-order valence-corrected chi connectivity index (χ1v) is 12.1. The predicted octanol–water partition coefficient (Wildman–Crippen LogP) is 3.73. The number of rotatable bonds is 8. The van der Waals surface area contributed by atoms with E-state index in [0.29, 0.717) is 42.4 Å². The summed E-state index contributed by atoms with van der Waals surface area (Å²) in [4.78, 5) is 22.3. The van der Waals surface area contributed by atoms with Gasteiger partial charge in [0.05, 0.1) is 29.6 Å². The van der Waals surface area contributed by atoms with Crippen LogP contribution in [0.4, 0.5) is 0 Å². The van der Waals surface area contributed by atoms with Crippen molar-refractivity contribution < 1.29 is 13.7 Å². The molecule has 2 heterocycles. The molecule has 1 unspecified atom stereocenters. The van der Waals surface area contributed by atoms with Gasteiger partial charge in [-0.1, -0.05) is 42.5 Å². The maximum absolute atomic E-state index is 13.5. The highest BCUT2D eigenvalue weighted by Gasteiger charge is 2.17. The van der Waals surface area contributed by atoms with Crippen LogP contribution in [0.15, 0.2) is 70.6 Å². The number of benzene rings is 2. The standard InChI is InChI=1S/C25H25N3O4S/c1-17-21-15-22(19-10-7-11-20(14-19)32-16-18-8-5-4-6-9-18)24(29)28(12-13-31-2)23(21)27-25(26-17)33(3)30/h4-11,14-15H,12-13,16H2,1-3H3. The maximum Gasteiger partial charge on any atom is 0.260 e. The molecule has 0 aliphatic carbocycles. The van der Waals surface area contributed by atoms with Crippen LogP contribution in [0.3, 0.4) is 0 Å². The number of hydrogen-bond acceptors (Lipinski definition) is 6. The van der Waals surface area contributed by atoms with Crippen molar-refractivity contribution >= 4 is 21.8 Å². The van der Waals surface area contributed by atoms with Crippen LogP contribution in [0.25, 0.3) is 22.2 Å². The number of fused-ring (bicyclic) bond motifs is 1. The Labute approximate surface area is 194 Å². The summed E-state index contributed by atoms with van der Waals surface area (Å²) in [5.41, 5.74) is 3.23. The molecule has 0 amide bonds. The number of methoxy groups -OCH3 is 1. The molecule has 4 rings (SSSR count). The Morgan fingerprint density at radius 2 is 1.82 bits per heavy atom. The molecule has 0 fully saturated rings. The van der Waals surface area contributed by atoms with Gasteiger partial charge in [-0.15, -0.1) is 0 Å². The van der Waals surface area contributed by atoms with Crippen LogP contribution in [-0.2, 0) is 28.7 Å². The summed E-state index contributed by atoms with van der Waals surface area (Å²) < 4.78 is 24.7. The van der Waals surface area contributed by atoms with Crippen molar-refractivity contribution in [3.8, 4) is 16.9 Å². The molecule has 2 aromatic carbocycles. The van der Waals surface area contributed by atoms with Gasteiger partial charge in [0.25, 0.3) is 5.56 Å². The van der Waals surface area contributed by atoms with E-state index in [9.17, 15) is 9.00 Å². The third-order valence-electron chi connectivity index (χ3n) is 5.28. The molecule has 170 valence electrons. The van der Waals surface area contributed by atoms with Gasteiger partial charge in [0.2, 0.25) is 5.16 Å². The number of nitrogens with zero attached hydrogens (tertiary/aromatic N) is 3. The fourth-order valence-corrected chi connectivity index (χ4v) is 4.06. The van der Waals surface area contributed by atoms with Gasteiger partial charge in [-0.25, -0.2) is 9.97 Å². The minimum Gasteiger partial charge on any atom is -0.489 e. The Balaban J connectivity index is 1.80. The Hall–Kier alpha value is -3.36. The highest BCUT2D eigenvalue weighted by Crippen LogP contribution is 2.26. The number of aryl methyl sites for hydroxylation is 1. The van der Waals surface area contributed by atoms with Crippen molar-refractivity contribution in [2.45, 2.75) is 25.2 Å². The molecule has 0 bridgehead atoms. The largest absolute Gasteiger partial charge is 0.489 e. The van der Waals surface area contributed by atoms with Gasteiger partial charge in [-0.05, 0) is 36.2 Å². The fraction of sp³-hybridized carbons (Fsp3) is 0.240. The average Bonchev–Trinajstić information content (AvgIpc) is 2.82. The maximum atomic E-state index is 13.5. The smallest absolute Gasteiger partial charge is 0.260 e. The van der Waals surface area contributed by atoms with E-state index < -0.39 is 10.8 Å². The van der Waals surface area contributed by atoms with Gasteiger partial charge in [-0.3, -0.25) is 13.6 Å². The van der Waals surface area contributed by atoms with E-state index in [0.717, 1.165) is 16.5 Å². The quantitative estimate of drug-likeness (QED) is 0.370. The van der Waals surface area contributed by atoms with Crippen molar-refractivity contribution in [2.24, 2.45) is 0 Å². The second-order valence-corrected chi connectivity index (χ2v) is 8.87. The number of ether oxygens (including phenoxy) is 2. The average molecular weight is 464 g/mol. The van der Waals surface area contributed by atoms with Crippen molar-refractivity contribution in [1.29, 1.82) is 0 Å². The van der Waals surface area contributed by atoms with E-state index in [1.165, 1.54) is 6.26 Å². The Kier molecular flexibility index (Phi) is 6.96. The SMILES string of the molecule is COCCn1c(=O)c(-c2cccc(OCc3ccccc3)c2)cc2c(C)nc(S(C)=O)nc21. The topological polar surface area (TPSA) is 83.3 Å². The van der Waals surface area contributed by atoms with Crippen LogP contribution >= 0.6 is 0 Å². The molecule has 0 radical (unpaired) electrons. The first kappa shape index (κ1) is 22.8. The van der Waals surface area contributed by atoms with Gasteiger partial charge < -0.3 is 9.47 Å². The molecular weight excluding hydrogens is 438 g/mol. The van der Waals surface area contributed by atoms with E-state index >= 15 is 0 Å². The minimum absolute atomic E-state index is 0.203. The molecular formula is C25H25N3O4S. The Bertz CT molecular complexity index is 1370. The lowest BCUT2D eigenvalue weighted by atomic mass is 10.0. The zero-order valence-electron chi connectivity index (χ0n) is 18.8. The molecule has 8 heteroatoms.